The SMILES string of the molecule is c1ccc(-c2c3ccccc3c(-c3ccc(-c4nc(-c5ccc(-c6ccc7c(c6)c6cnccc6n7-c6ccccc6)cc5)cc(-c5cccc6ccccc56)n4)cc3)c3ccccc23)cc1.c1ccc(-c2ccc(-n3c4ccncc4c4cc(-c5ccc(-c6cc(-c7ccccc7)nc(-c7cccc(-c8c9ccccc9c(-c9ccccc9)c9ccccc89)c7)n6)cc5)ccc43)cc2)cc1. The molecule has 26 aromatic rings. The van der Waals surface area contributed by atoms with Gasteiger partial charge >= 0.3 is 0 Å². The molecule has 6 heterocycles. The number of benzene rings is 20. The van der Waals surface area contributed by atoms with Crippen LogP contribution in [0, 0.1) is 0 Å². The Hall–Kier alpha value is -18.2. The fourth-order valence-corrected chi connectivity index (χ4v) is 20.4. The van der Waals surface area contributed by atoms with Gasteiger partial charge in [0, 0.05) is 91.1 Å². The van der Waals surface area contributed by atoms with E-state index in [0.29, 0.717) is 11.6 Å². The number of pyridine rings is 2. The maximum Gasteiger partial charge on any atom is 0.160 e. The summed E-state index contributed by atoms with van der Waals surface area (Å²) in [6.45, 7) is 0. The Morgan fingerprint density at radius 2 is 0.441 bits per heavy atom. The highest BCUT2D eigenvalue weighted by Crippen LogP contribution is 2.49. The van der Waals surface area contributed by atoms with E-state index < -0.39 is 0 Å². The van der Waals surface area contributed by atoms with Gasteiger partial charge in [-0.25, -0.2) is 19.9 Å². The quantitative estimate of drug-likeness (QED) is 0.0951. The van der Waals surface area contributed by atoms with Crippen molar-refractivity contribution in [3.05, 3.63) is 498 Å². The molecule has 0 bridgehead atoms. The molecule has 634 valence electrons. The molecule has 0 saturated heterocycles. The molecule has 8 heteroatoms. The van der Waals surface area contributed by atoms with Crippen molar-refractivity contribution in [1.82, 2.24) is 39.0 Å². The van der Waals surface area contributed by atoms with E-state index in [1.54, 1.807) is 0 Å². The minimum Gasteiger partial charge on any atom is -0.309 e. The number of hydrogen-bond donors (Lipinski definition) is 0. The highest BCUT2D eigenvalue weighted by Gasteiger charge is 2.24. The summed E-state index contributed by atoms with van der Waals surface area (Å²) in [6.07, 6.45) is 7.71. The Kier molecular flexibility index (Phi) is 20.1. The maximum absolute atomic E-state index is 5.32. The molecule has 0 saturated carbocycles. The van der Waals surface area contributed by atoms with Gasteiger partial charge < -0.3 is 9.13 Å². The second-order valence-electron chi connectivity index (χ2n) is 34.7. The van der Waals surface area contributed by atoms with Crippen LogP contribution in [0.4, 0.5) is 0 Å². The summed E-state index contributed by atoms with van der Waals surface area (Å²) >= 11 is 0. The Balaban J connectivity index is 0.000000145. The summed E-state index contributed by atoms with van der Waals surface area (Å²) in [7, 11) is 0. The van der Waals surface area contributed by atoms with Crippen LogP contribution in [0.5, 0.6) is 0 Å². The van der Waals surface area contributed by atoms with Crippen molar-refractivity contribution in [3.8, 4) is 157 Å². The minimum atomic E-state index is 0.678. The van der Waals surface area contributed by atoms with Crippen LogP contribution in [-0.2, 0) is 0 Å². The third-order valence-electron chi connectivity index (χ3n) is 26.8. The van der Waals surface area contributed by atoms with Gasteiger partial charge in [0.05, 0.1) is 44.8 Å². The molecule has 0 N–H and O–H groups in total. The predicted octanol–water partition coefficient (Wildman–Crippen LogP) is 33.4. The molecule has 8 nitrogen and oxygen atoms in total. The second-order valence-corrected chi connectivity index (χ2v) is 34.7. The van der Waals surface area contributed by atoms with Crippen LogP contribution in [0.25, 0.3) is 255 Å². The number of fused-ring (bicyclic) bond motifs is 11. The fraction of sp³-hybridized carbons (Fsp3) is 0. The van der Waals surface area contributed by atoms with E-state index in [-0.39, 0.29) is 0 Å². The van der Waals surface area contributed by atoms with Gasteiger partial charge in [-0.1, -0.05) is 394 Å². The maximum atomic E-state index is 5.32. The first-order valence-electron chi connectivity index (χ1n) is 46.2. The van der Waals surface area contributed by atoms with E-state index in [1.165, 1.54) is 98.4 Å². The summed E-state index contributed by atoms with van der Waals surface area (Å²) in [5.74, 6) is 1.36. The zero-order valence-corrected chi connectivity index (χ0v) is 73.9. The van der Waals surface area contributed by atoms with Gasteiger partial charge in [-0.05, 0) is 211 Å². The number of rotatable bonds is 15. The first-order valence-corrected chi connectivity index (χ1v) is 46.2. The summed E-state index contributed by atoms with van der Waals surface area (Å²) < 4.78 is 4.66. The van der Waals surface area contributed by atoms with E-state index >= 15 is 0 Å². The summed E-state index contributed by atoms with van der Waals surface area (Å²) in [5, 5.41) is 16.7. The third-order valence-corrected chi connectivity index (χ3v) is 26.8. The van der Waals surface area contributed by atoms with Crippen molar-refractivity contribution in [3.63, 3.8) is 0 Å². The van der Waals surface area contributed by atoms with Gasteiger partial charge in [-0.2, -0.15) is 0 Å². The lowest BCUT2D eigenvalue weighted by Gasteiger charge is -2.18. The highest BCUT2D eigenvalue weighted by molar-refractivity contribution is 6.23. The van der Waals surface area contributed by atoms with Crippen LogP contribution >= 0.6 is 0 Å². The highest BCUT2D eigenvalue weighted by atomic mass is 15.0. The molecule has 0 atom stereocenters. The second kappa shape index (κ2) is 34.2. The van der Waals surface area contributed by atoms with Gasteiger partial charge in [0.25, 0.3) is 0 Å². The van der Waals surface area contributed by atoms with Crippen LogP contribution in [-0.4, -0.2) is 39.0 Å². The molecule has 0 spiro atoms. The molecule has 0 amide bonds. The first kappa shape index (κ1) is 79.9. The van der Waals surface area contributed by atoms with E-state index in [4.69, 9.17) is 19.9 Å². The lowest BCUT2D eigenvalue weighted by atomic mass is 9.85. The summed E-state index contributed by atoms with van der Waals surface area (Å²) in [4.78, 5) is 30.3. The molecule has 136 heavy (non-hydrogen) atoms. The standard InChI is InChI=1S/C65H42N4.C63H40N4/c1-4-15-43(16-5-1)44-31-34-52(35-32-44)69-61-36-33-49(40-57(61)58-42-66-38-37-62(58)69)45-27-29-47(30-28-45)60-41-59(46-17-6-2-7-18-46)67-65(68-60)51-22-14-21-50(39-51)64-55-25-12-10-23-53(55)63(48-19-8-3-9-20-48)54-24-11-13-26-56(54)64;1-3-15-44(16-4-1)61-51-21-9-11-23-53(51)62(54-24-12-10-22-52(54)61)45-30-32-46(33-31-45)63-65-57(39-58(66-63)50-25-13-17-42-14-7-8-20-49(42)50)43-28-26-41(27-29-43)47-34-35-59-55(38-47)56-40-64-37-36-60(56)67(59)48-18-5-2-6-19-48/h1-42H;1-40H. The smallest absolute Gasteiger partial charge is 0.160 e. The Labute approximate surface area is 786 Å². The average Bonchev–Trinajstić information content (AvgIpc) is 1.27. The fourth-order valence-electron chi connectivity index (χ4n) is 20.4. The van der Waals surface area contributed by atoms with Crippen molar-refractivity contribution in [1.29, 1.82) is 0 Å². The minimum absolute atomic E-state index is 0.678. The largest absolute Gasteiger partial charge is 0.309 e. The van der Waals surface area contributed by atoms with Crippen molar-refractivity contribution in [2.75, 3.05) is 0 Å². The van der Waals surface area contributed by atoms with Crippen molar-refractivity contribution in [2.24, 2.45) is 0 Å². The Morgan fingerprint density at radius 3 is 0.912 bits per heavy atom. The molecule has 0 unspecified atom stereocenters. The molecule has 0 aliphatic heterocycles. The van der Waals surface area contributed by atoms with Crippen molar-refractivity contribution < 1.29 is 0 Å². The molecular formula is C128H82N8. The summed E-state index contributed by atoms with van der Waals surface area (Å²) in [6, 6.07) is 169. The Bertz CT molecular complexity index is 8980. The van der Waals surface area contributed by atoms with E-state index in [0.717, 1.165) is 145 Å². The van der Waals surface area contributed by atoms with Gasteiger partial charge in [0.1, 0.15) is 0 Å². The van der Waals surface area contributed by atoms with Gasteiger partial charge in [-0.3, -0.25) is 9.97 Å². The molecule has 0 radical (unpaired) electrons. The molecule has 20 aromatic carbocycles. The average molecular weight is 1730 g/mol. The van der Waals surface area contributed by atoms with Crippen LogP contribution in [0.3, 0.4) is 0 Å². The molecule has 0 aliphatic carbocycles. The van der Waals surface area contributed by atoms with E-state index in [2.05, 4.69) is 486 Å². The molecular weight excluding hydrogens is 1650 g/mol. The van der Waals surface area contributed by atoms with E-state index in [1.807, 2.05) is 30.9 Å². The zero-order valence-electron chi connectivity index (χ0n) is 73.9. The lowest BCUT2D eigenvalue weighted by Crippen LogP contribution is -1.97. The number of nitrogens with zero attached hydrogens (tertiary/aromatic N) is 8. The van der Waals surface area contributed by atoms with Crippen LogP contribution in [0.1, 0.15) is 0 Å². The molecule has 0 fully saturated rings. The van der Waals surface area contributed by atoms with Crippen molar-refractivity contribution in [2.45, 2.75) is 0 Å². The van der Waals surface area contributed by atoms with Gasteiger partial charge in [-0.15, -0.1) is 0 Å². The van der Waals surface area contributed by atoms with Crippen LogP contribution in [0.2, 0.25) is 0 Å². The zero-order chi connectivity index (χ0) is 89.9. The Morgan fingerprint density at radius 1 is 0.154 bits per heavy atom. The monoisotopic (exact) mass is 1730 g/mol. The normalized spacial score (nSPS) is 11.5. The van der Waals surface area contributed by atoms with E-state index in [9.17, 15) is 0 Å². The predicted molar refractivity (Wildman–Crippen MR) is 567 cm³/mol. The first-order chi connectivity index (χ1) is 67.4. The van der Waals surface area contributed by atoms with Gasteiger partial charge in [0.15, 0.2) is 11.6 Å². The molecule has 26 rings (SSSR count). The number of hydrogen-bond acceptors (Lipinski definition) is 6. The van der Waals surface area contributed by atoms with Crippen LogP contribution in [0.15, 0.2) is 498 Å². The summed E-state index contributed by atoms with van der Waals surface area (Å²) in [5.41, 5.74) is 32.9. The van der Waals surface area contributed by atoms with Crippen LogP contribution < -0.4 is 0 Å². The molecule has 0 aliphatic rings. The number of para-hydroxylation sites is 1. The molecule has 6 aromatic heterocycles. The lowest BCUT2D eigenvalue weighted by molar-refractivity contribution is 1.17. The third kappa shape index (κ3) is 14.5. The van der Waals surface area contributed by atoms with Gasteiger partial charge in [0.2, 0.25) is 0 Å². The van der Waals surface area contributed by atoms with Crippen molar-refractivity contribution >= 4 is 97.5 Å². The number of aromatic nitrogens is 8. The topological polar surface area (TPSA) is 87.2 Å².